The van der Waals surface area contributed by atoms with E-state index in [1.54, 1.807) is 25.3 Å². The first-order valence-corrected chi connectivity index (χ1v) is 10.4. The molecule has 1 heterocycles. The molecule has 6 nitrogen and oxygen atoms in total. The van der Waals surface area contributed by atoms with Gasteiger partial charge < -0.3 is 10.1 Å². The maximum absolute atomic E-state index is 12.7. The first-order valence-electron chi connectivity index (χ1n) is 8.94. The zero-order valence-corrected chi connectivity index (χ0v) is 16.4. The van der Waals surface area contributed by atoms with Crippen molar-refractivity contribution in [3.63, 3.8) is 0 Å². The van der Waals surface area contributed by atoms with Crippen molar-refractivity contribution >= 4 is 21.6 Å². The number of benzene rings is 2. The summed E-state index contributed by atoms with van der Waals surface area (Å²) < 4.78 is 32.2. The number of methoxy groups -OCH3 is 1. The smallest absolute Gasteiger partial charge is 0.243 e. The standard InChI is InChI=1S/C20H24N2O4S/c1-15-8-9-19(26-2)16(12-15)13-20(23)21-17-6-5-7-18(14-17)27(24,25)22-10-3-4-11-22/h5-9,12,14H,3-4,10-11,13H2,1-2H3,(H,21,23). The molecular formula is C20H24N2O4S. The third kappa shape index (κ3) is 4.48. The second-order valence-electron chi connectivity index (χ2n) is 6.68. The molecule has 7 heteroatoms. The summed E-state index contributed by atoms with van der Waals surface area (Å²) in [7, 11) is -1.94. The molecule has 1 amide bonds. The van der Waals surface area contributed by atoms with Gasteiger partial charge in [-0.1, -0.05) is 23.8 Å². The van der Waals surface area contributed by atoms with Crippen LogP contribution in [0, 0.1) is 6.92 Å². The number of amides is 1. The molecule has 0 unspecified atom stereocenters. The zero-order valence-electron chi connectivity index (χ0n) is 15.6. The second-order valence-corrected chi connectivity index (χ2v) is 8.62. The van der Waals surface area contributed by atoms with E-state index < -0.39 is 10.0 Å². The summed E-state index contributed by atoms with van der Waals surface area (Å²) in [5.74, 6) is 0.427. The van der Waals surface area contributed by atoms with Crippen LogP contribution in [0.5, 0.6) is 5.75 Å². The van der Waals surface area contributed by atoms with E-state index in [1.165, 1.54) is 10.4 Å². The normalized spacial score (nSPS) is 14.9. The summed E-state index contributed by atoms with van der Waals surface area (Å²) >= 11 is 0. The zero-order chi connectivity index (χ0) is 19.4. The third-order valence-corrected chi connectivity index (χ3v) is 6.50. The predicted molar refractivity (Wildman–Crippen MR) is 104 cm³/mol. The Morgan fingerprint density at radius 2 is 1.89 bits per heavy atom. The fraction of sp³-hybridized carbons (Fsp3) is 0.350. The van der Waals surface area contributed by atoms with E-state index in [0.29, 0.717) is 24.5 Å². The molecule has 1 N–H and O–H groups in total. The second kappa shape index (κ2) is 8.10. The Labute approximate surface area is 160 Å². The van der Waals surface area contributed by atoms with Crippen LogP contribution in [0.4, 0.5) is 5.69 Å². The van der Waals surface area contributed by atoms with Gasteiger partial charge in [-0.05, 0) is 44.0 Å². The summed E-state index contributed by atoms with van der Waals surface area (Å²) in [5, 5.41) is 2.79. The molecule has 0 spiro atoms. The summed E-state index contributed by atoms with van der Waals surface area (Å²) in [6.07, 6.45) is 1.91. The maximum atomic E-state index is 12.7. The molecule has 1 saturated heterocycles. The minimum atomic E-state index is -3.51. The molecule has 27 heavy (non-hydrogen) atoms. The Hall–Kier alpha value is -2.38. The Morgan fingerprint density at radius 3 is 2.59 bits per heavy atom. The number of sulfonamides is 1. The molecular weight excluding hydrogens is 364 g/mol. The Morgan fingerprint density at radius 1 is 1.15 bits per heavy atom. The molecule has 0 aliphatic carbocycles. The number of nitrogens with one attached hydrogen (secondary N) is 1. The molecule has 1 fully saturated rings. The number of nitrogens with zero attached hydrogens (tertiary/aromatic N) is 1. The number of hydrogen-bond donors (Lipinski definition) is 1. The molecule has 2 aromatic carbocycles. The lowest BCUT2D eigenvalue weighted by Gasteiger charge is -2.16. The summed E-state index contributed by atoms with van der Waals surface area (Å²) in [6.45, 7) is 3.05. The molecule has 0 saturated carbocycles. The van der Waals surface area contributed by atoms with Gasteiger partial charge in [0.1, 0.15) is 5.75 Å². The first kappa shape index (κ1) is 19.4. The molecule has 0 atom stereocenters. The van der Waals surface area contributed by atoms with Gasteiger partial charge in [0.15, 0.2) is 0 Å². The molecule has 0 radical (unpaired) electrons. The van der Waals surface area contributed by atoms with E-state index in [1.807, 2.05) is 25.1 Å². The monoisotopic (exact) mass is 388 g/mol. The molecule has 1 aliphatic rings. The highest BCUT2D eigenvalue weighted by Gasteiger charge is 2.27. The van der Waals surface area contributed by atoms with Crippen molar-refractivity contribution in [2.75, 3.05) is 25.5 Å². The van der Waals surface area contributed by atoms with Crippen molar-refractivity contribution in [3.8, 4) is 5.75 Å². The van der Waals surface area contributed by atoms with Gasteiger partial charge in [0.25, 0.3) is 0 Å². The highest BCUT2D eigenvalue weighted by Crippen LogP contribution is 2.24. The van der Waals surface area contributed by atoms with Gasteiger partial charge in [0, 0.05) is 24.3 Å². The third-order valence-electron chi connectivity index (χ3n) is 4.61. The fourth-order valence-corrected chi connectivity index (χ4v) is 4.80. The van der Waals surface area contributed by atoms with E-state index in [-0.39, 0.29) is 17.2 Å². The Bertz CT molecular complexity index is 935. The average Bonchev–Trinajstić information content (AvgIpc) is 3.17. The van der Waals surface area contributed by atoms with Crippen LogP contribution in [0.25, 0.3) is 0 Å². The minimum Gasteiger partial charge on any atom is -0.496 e. The molecule has 2 aromatic rings. The largest absolute Gasteiger partial charge is 0.496 e. The van der Waals surface area contributed by atoms with Crippen molar-refractivity contribution in [2.24, 2.45) is 0 Å². The van der Waals surface area contributed by atoms with E-state index >= 15 is 0 Å². The number of hydrogen-bond acceptors (Lipinski definition) is 4. The highest BCUT2D eigenvalue weighted by molar-refractivity contribution is 7.89. The van der Waals surface area contributed by atoms with Crippen molar-refractivity contribution in [2.45, 2.75) is 31.1 Å². The molecule has 3 rings (SSSR count). The quantitative estimate of drug-likeness (QED) is 0.825. The van der Waals surface area contributed by atoms with Crippen LogP contribution in [-0.2, 0) is 21.2 Å². The van der Waals surface area contributed by atoms with Crippen molar-refractivity contribution in [3.05, 3.63) is 53.6 Å². The number of carbonyl (C=O) groups excluding carboxylic acids is 1. The summed E-state index contributed by atoms with van der Waals surface area (Å²) in [6, 6.07) is 12.1. The van der Waals surface area contributed by atoms with Crippen LogP contribution in [0.15, 0.2) is 47.4 Å². The van der Waals surface area contributed by atoms with Crippen LogP contribution in [0.3, 0.4) is 0 Å². The van der Waals surface area contributed by atoms with Crippen LogP contribution < -0.4 is 10.1 Å². The molecule has 144 valence electrons. The Balaban J connectivity index is 1.75. The maximum Gasteiger partial charge on any atom is 0.243 e. The van der Waals surface area contributed by atoms with E-state index in [9.17, 15) is 13.2 Å². The topological polar surface area (TPSA) is 75.7 Å². The van der Waals surface area contributed by atoms with Gasteiger partial charge in [-0.3, -0.25) is 4.79 Å². The molecule has 0 aromatic heterocycles. The van der Waals surface area contributed by atoms with Crippen molar-refractivity contribution in [1.82, 2.24) is 4.31 Å². The van der Waals surface area contributed by atoms with Crippen LogP contribution in [0.2, 0.25) is 0 Å². The van der Waals surface area contributed by atoms with Gasteiger partial charge >= 0.3 is 0 Å². The number of rotatable bonds is 6. The fourth-order valence-electron chi connectivity index (χ4n) is 3.24. The number of ether oxygens (including phenoxy) is 1. The highest BCUT2D eigenvalue weighted by atomic mass is 32.2. The number of anilines is 1. The minimum absolute atomic E-state index is 0.147. The van der Waals surface area contributed by atoms with Gasteiger partial charge in [-0.25, -0.2) is 8.42 Å². The van der Waals surface area contributed by atoms with Crippen LogP contribution >= 0.6 is 0 Å². The van der Waals surface area contributed by atoms with Gasteiger partial charge in [-0.15, -0.1) is 0 Å². The van der Waals surface area contributed by atoms with E-state index in [2.05, 4.69) is 5.32 Å². The van der Waals surface area contributed by atoms with Gasteiger partial charge in [-0.2, -0.15) is 4.31 Å². The Kier molecular flexibility index (Phi) is 5.82. The van der Waals surface area contributed by atoms with Crippen LogP contribution in [-0.4, -0.2) is 38.8 Å². The van der Waals surface area contributed by atoms with Gasteiger partial charge in [0.2, 0.25) is 15.9 Å². The molecule has 1 aliphatic heterocycles. The SMILES string of the molecule is COc1ccc(C)cc1CC(=O)Nc1cccc(S(=O)(=O)N2CCCC2)c1. The van der Waals surface area contributed by atoms with E-state index in [0.717, 1.165) is 24.0 Å². The lowest BCUT2D eigenvalue weighted by atomic mass is 10.1. The van der Waals surface area contributed by atoms with Crippen LogP contribution in [0.1, 0.15) is 24.0 Å². The van der Waals surface area contributed by atoms with Gasteiger partial charge in [0.05, 0.1) is 18.4 Å². The number of carbonyl (C=O) groups is 1. The summed E-state index contributed by atoms with van der Waals surface area (Å²) in [5.41, 5.74) is 2.29. The average molecular weight is 388 g/mol. The lowest BCUT2D eigenvalue weighted by molar-refractivity contribution is -0.115. The van der Waals surface area contributed by atoms with Crippen molar-refractivity contribution in [1.29, 1.82) is 0 Å². The lowest BCUT2D eigenvalue weighted by Crippen LogP contribution is -2.28. The predicted octanol–water partition coefficient (Wildman–Crippen LogP) is 2.97. The number of aryl methyl sites for hydroxylation is 1. The first-order chi connectivity index (χ1) is 12.9. The summed E-state index contributed by atoms with van der Waals surface area (Å²) in [4.78, 5) is 12.7. The van der Waals surface area contributed by atoms with E-state index in [4.69, 9.17) is 4.74 Å². The molecule has 0 bridgehead atoms. The van der Waals surface area contributed by atoms with Crippen molar-refractivity contribution < 1.29 is 17.9 Å².